The fourth-order valence-electron chi connectivity index (χ4n) is 4.11. The maximum atomic E-state index is 10.5. The molecule has 2 aliphatic rings. The SMILES string of the molecule is CN(CC1CC(C)(C)CCC1N)CC1(O)CCCC1. The standard InChI is InChI=1S/C16H32N2O/c1-15(2)9-6-14(17)13(10-15)11-18(3)12-16(19)7-4-5-8-16/h13-14,19H,4-12,17H2,1-3H3. The Labute approximate surface area is 118 Å². The Bertz CT molecular complexity index is 297. The number of likely N-dealkylation sites (N-methyl/N-ethyl adjacent to an activating group) is 1. The molecule has 3 heteroatoms. The van der Waals surface area contributed by atoms with E-state index >= 15 is 0 Å². The Balaban J connectivity index is 1.85. The van der Waals surface area contributed by atoms with Gasteiger partial charge in [-0.1, -0.05) is 26.7 Å². The predicted molar refractivity (Wildman–Crippen MR) is 80.0 cm³/mol. The minimum atomic E-state index is -0.428. The second-order valence-corrected chi connectivity index (χ2v) is 7.96. The summed E-state index contributed by atoms with van der Waals surface area (Å²) >= 11 is 0. The lowest BCUT2D eigenvalue weighted by atomic mass is 9.70. The van der Waals surface area contributed by atoms with Crippen LogP contribution in [0.3, 0.4) is 0 Å². The third kappa shape index (κ3) is 4.17. The maximum Gasteiger partial charge on any atom is 0.0774 e. The highest BCUT2D eigenvalue weighted by atomic mass is 16.3. The number of nitrogens with zero attached hydrogens (tertiary/aromatic N) is 1. The minimum absolute atomic E-state index is 0.341. The largest absolute Gasteiger partial charge is 0.389 e. The highest BCUT2D eigenvalue weighted by molar-refractivity contribution is 4.91. The minimum Gasteiger partial charge on any atom is -0.389 e. The zero-order chi connectivity index (χ0) is 14.1. The number of nitrogens with two attached hydrogens (primary N) is 1. The van der Waals surface area contributed by atoms with Gasteiger partial charge in [0.15, 0.2) is 0 Å². The van der Waals surface area contributed by atoms with Crippen molar-refractivity contribution in [2.75, 3.05) is 20.1 Å². The topological polar surface area (TPSA) is 49.5 Å². The molecular formula is C16H32N2O. The summed E-state index contributed by atoms with van der Waals surface area (Å²) in [6, 6.07) is 0.341. The summed E-state index contributed by atoms with van der Waals surface area (Å²) < 4.78 is 0. The Morgan fingerprint density at radius 3 is 2.47 bits per heavy atom. The van der Waals surface area contributed by atoms with Gasteiger partial charge in [0.25, 0.3) is 0 Å². The van der Waals surface area contributed by atoms with Crippen molar-refractivity contribution in [1.82, 2.24) is 4.90 Å². The van der Waals surface area contributed by atoms with Crippen molar-refractivity contribution in [2.24, 2.45) is 17.1 Å². The average Bonchev–Trinajstić information content (AvgIpc) is 2.69. The highest BCUT2D eigenvalue weighted by Crippen LogP contribution is 2.38. The van der Waals surface area contributed by atoms with Gasteiger partial charge in [0.1, 0.15) is 0 Å². The van der Waals surface area contributed by atoms with Crippen molar-refractivity contribution in [3.8, 4) is 0 Å². The lowest BCUT2D eigenvalue weighted by Gasteiger charge is -2.41. The van der Waals surface area contributed by atoms with E-state index in [1.54, 1.807) is 0 Å². The summed E-state index contributed by atoms with van der Waals surface area (Å²) in [5.41, 5.74) is 6.31. The van der Waals surface area contributed by atoms with E-state index in [1.807, 2.05) is 0 Å². The van der Waals surface area contributed by atoms with Gasteiger partial charge in [-0.25, -0.2) is 0 Å². The van der Waals surface area contributed by atoms with Crippen LogP contribution in [-0.4, -0.2) is 41.8 Å². The molecule has 0 bridgehead atoms. The molecule has 0 aromatic heterocycles. The van der Waals surface area contributed by atoms with E-state index in [9.17, 15) is 5.11 Å². The predicted octanol–water partition coefficient (Wildman–Crippen LogP) is 2.38. The Hall–Kier alpha value is -0.120. The van der Waals surface area contributed by atoms with Crippen LogP contribution in [0.5, 0.6) is 0 Å². The van der Waals surface area contributed by atoms with Gasteiger partial charge in [0.05, 0.1) is 5.60 Å². The first-order chi connectivity index (χ1) is 8.80. The molecule has 2 fully saturated rings. The van der Waals surface area contributed by atoms with Crippen molar-refractivity contribution in [2.45, 2.75) is 70.4 Å². The van der Waals surface area contributed by atoms with E-state index in [2.05, 4.69) is 25.8 Å². The van der Waals surface area contributed by atoms with Crippen LogP contribution < -0.4 is 5.73 Å². The van der Waals surface area contributed by atoms with Crippen molar-refractivity contribution >= 4 is 0 Å². The van der Waals surface area contributed by atoms with Crippen molar-refractivity contribution in [3.05, 3.63) is 0 Å². The van der Waals surface area contributed by atoms with Gasteiger partial charge in [-0.2, -0.15) is 0 Å². The quantitative estimate of drug-likeness (QED) is 0.823. The van der Waals surface area contributed by atoms with Crippen LogP contribution in [0.4, 0.5) is 0 Å². The molecule has 112 valence electrons. The summed E-state index contributed by atoms with van der Waals surface area (Å²) in [5.74, 6) is 0.582. The molecule has 2 saturated carbocycles. The molecule has 0 aromatic rings. The van der Waals surface area contributed by atoms with E-state index in [-0.39, 0.29) is 0 Å². The van der Waals surface area contributed by atoms with Crippen LogP contribution in [0, 0.1) is 11.3 Å². The summed E-state index contributed by atoms with van der Waals surface area (Å²) in [5, 5.41) is 10.5. The van der Waals surface area contributed by atoms with Crippen LogP contribution >= 0.6 is 0 Å². The molecule has 19 heavy (non-hydrogen) atoms. The maximum absolute atomic E-state index is 10.5. The van der Waals surface area contributed by atoms with E-state index in [4.69, 9.17) is 5.73 Å². The molecule has 0 spiro atoms. The van der Waals surface area contributed by atoms with Crippen LogP contribution in [0.15, 0.2) is 0 Å². The molecule has 2 rings (SSSR count). The van der Waals surface area contributed by atoms with Gasteiger partial charge in [0, 0.05) is 19.1 Å². The fourth-order valence-corrected chi connectivity index (χ4v) is 4.11. The fraction of sp³-hybridized carbons (Fsp3) is 1.00. The third-order valence-corrected chi connectivity index (χ3v) is 5.22. The molecule has 0 amide bonds. The molecule has 2 aliphatic carbocycles. The lowest BCUT2D eigenvalue weighted by Crippen LogP contribution is -2.47. The van der Waals surface area contributed by atoms with Gasteiger partial charge in [-0.3, -0.25) is 0 Å². The zero-order valence-corrected chi connectivity index (χ0v) is 13.0. The Morgan fingerprint density at radius 1 is 1.21 bits per heavy atom. The first kappa shape index (κ1) is 15.3. The lowest BCUT2D eigenvalue weighted by molar-refractivity contribution is 0.00721. The van der Waals surface area contributed by atoms with E-state index in [0.717, 1.165) is 32.4 Å². The molecule has 0 aliphatic heterocycles. The number of hydrogen-bond donors (Lipinski definition) is 2. The van der Waals surface area contributed by atoms with Crippen LogP contribution in [0.1, 0.15) is 58.8 Å². The van der Waals surface area contributed by atoms with E-state index < -0.39 is 5.60 Å². The van der Waals surface area contributed by atoms with E-state index in [0.29, 0.717) is 17.4 Å². The smallest absolute Gasteiger partial charge is 0.0774 e. The highest BCUT2D eigenvalue weighted by Gasteiger charge is 2.36. The number of aliphatic hydroxyl groups is 1. The summed E-state index contributed by atoms with van der Waals surface area (Å²) in [7, 11) is 2.14. The molecule has 3 N–H and O–H groups in total. The van der Waals surface area contributed by atoms with Gasteiger partial charge in [-0.15, -0.1) is 0 Å². The molecule has 2 unspecified atom stereocenters. The van der Waals surface area contributed by atoms with E-state index in [1.165, 1.54) is 25.7 Å². The summed E-state index contributed by atoms with van der Waals surface area (Å²) in [4.78, 5) is 2.32. The molecular weight excluding hydrogens is 236 g/mol. The summed E-state index contributed by atoms with van der Waals surface area (Å²) in [6.45, 7) is 6.57. The number of rotatable bonds is 4. The van der Waals surface area contributed by atoms with Crippen molar-refractivity contribution < 1.29 is 5.11 Å². The van der Waals surface area contributed by atoms with Crippen LogP contribution in [-0.2, 0) is 0 Å². The first-order valence-corrected chi connectivity index (χ1v) is 7.96. The molecule has 0 radical (unpaired) electrons. The molecule has 2 atom stereocenters. The van der Waals surface area contributed by atoms with Crippen molar-refractivity contribution in [1.29, 1.82) is 0 Å². The Morgan fingerprint density at radius 2 is 1.84 bits per heavy atom. The normalized spacial score (nSPS) is 33.8. The molecule has 0 saturated heterocycles. The Kier molecular flexibility index (Phi) is 4.59. The second kappa shape index (κ2) is 5.71. The number of hydrogen-bond acceptors (Lipinski definition) is 3. The zero-order valence-electron chi connectivity index (χ0n) is 13.0. The first-order valence-electron chi connectivity index (χ1n) is 7.96. The summed E-state index contributed by atoms with van der Waals surface area (Å²) in [6.07, 6.45) is 7.92. The van der Waals surface area contributed by atoms with Gasteiger partial charge in [0.2, 0.25) is 0 Å². The molecule has 0 heterocycles. The van der Waals surface area contributed by atoms with Gasteiger partial charge in [-0.05, 0) is 50.5 Å². The van der Waals surface area contributed by atoms with Crippen molar-refractivity contribution in [3.63, 3.8) is 0 Å². The average molecular weight is 268 g/mol. The molecule has 3 nitrogen and oxygen atoms in total. The van der Waals surface area contributed by atoms with Gasteiger partial charge >= 0.3 is 0 Å². The third-order valence-electron chi connectivity index (χ3n) is 5.22. The molecule has 0 aromatic carbocycles. The monoisotopic (exact) mass is 268 g/mol. The van der Waals surface area contributed by atoms with Crippen LogP contribution in [0.25, 0.3) is 0 Å². The second-order valence-electron chi connectivity index (χ2n) is 7.96. The van der Waals surface area contributed by atoms with Gasteiger partial charge < -0.3 is 15.7 Å². The van der Waals surface area contributed by atoms with Crippen LogP contribution in [0.2, 0.25) is 0 Å².